The summed E-state index contributed by atoms with van der Waals surface area (Å²) in [7, 11) is 0. The molecule has 0 aromatic rings. The van der Waals surface area contributed by atoms with Crippen LogP contribution >= 0.6 is 0 Å². The van der Waals surface area contributed by atoms with E-state index in [0.717, 1.165) is 12.8 Å². The molecule has 0 saturated heterocycles. The summed E-state index contributed by atoms with van der Waals surface area (Å²) in [5, 5.41) is 11.7. The smallest absolute Gasteiger partial charge is 0.233 e. The molecule has 5 nitrogen and oxygen atoms in total. The van der Waals surface area contributed by atoms with Gasteiger partial charge >= 0.3 is 0 Å². The molecule has 1 saturated carbocycles. The molecule has 98 valence electrons. The summed E-state index contributed by atoms with van der Waals surface area (Å²) in [5.41, 5.74) is 5.57. The normalized spacial score (nSPS) is 19.3. The van der Waals surface area contributed by atoms with Gasteiger partial charge < -0.3 is 15.8 Å². The maximum atomic E-state index is 12.3. The van der Waals surface area contributed by atoms with Crippen LogP contribution in [0.5, 0.6) is 0 Å². The maximum absolute atomic E-state index is 12.3. The molecule has 0 radical (unpaired) electrons. The van der Waals surface area contributed by atoms with Crippen LogP contribution in [0.2, 0.25) is 0 Å². The third-order valence-electron chi connectivity index (χ3n) is 3.57. The summed E-state index contributed by atoms with van der Waals surface area (Å²) in [4.78, 5) is 14.2. The molecule has 17 heavy (non-hydrogen) atoms. The van der Waals surface area contributed by atoms with Gasteiger partial charge in [0.2, 0.25) is 5.91 Å². The summed E-state index contributed by atoms with van der Waals surface area (Å²) < 4.78 is 0. The molecule has 1 amide bonds. The molecule has 1 fully saturated rings. The second-order valence-corrected chi connectivity index (χ2v) is 4.55. The largest absolute Gasteiger partial charge is 0.409 e. The molecule has 0 heterocycles. The molecule has 1 aliphatic rings. The highest BCUT2D eigenvalue weighted by molar-refractivity contribution is 6.02. The fourth-order valence-corrected chi connectivity index (χ4v) is 2.59. The topological polar surface area (TPSA) is 78.9 Å². The second-order valence-electron chi connectivity index (χ2n) is 4.55. The lowest BCUT2D eigenvalue weighted by Crippen LogP contribution is -2.46. The average molecular weight is 241 g/mol. The van der Waals surface area contributed by atoms with Crippen LogP contribution in [0.3, 0.4) is 0 Å². The second kappa shape index (κ2) is 6.47. The van der Waals surface area contributed by atoms with Crippen molar-refractivity contribution in [3.05, 3.63) is 0 Å². The van der Waals surface area contributed by atoms with Crippen molar-refractivity contribution in [3.63, 3.8) is 0 Å². The van der Waals surface area contributed by atoms with Crippen LogP contribution < -0.4 is 5.73 Å². The Bertz CT molecular complexity index is 285. The zero-order chi connectivity index (χ0) is 12.8. The predicted octanol–water partition coefficient (Wildman–Crippen LogP) is 1.55. The van der Waals surface area contributed by atoms with Crippen molar-refractivity contribution in [3.8, 4) is 0 Å². The lowest BCUT2D eigenvalue weighted by molar-refractivity contribution is -0.135. The molecule has 5 heteroatoms. The van der Waals surface area contributed by atoms with E-state index in [1.54, 1.807) is 0 Å². The Morgan fingerprint density at radius 2 is 2.06 bits per heavy atom. The van der Waals surface area contributed by atoms with E-state index in [-0.39, 0.29) is 11.7 Å². The molecule has 3 N–H and O–H groups in total. The van der Waals surface area contributed by atoms with E-state index in [4.69, 9.17) is 10.9 Å². The van der Waals surface area contributed by atoms with Gasteiger partial charge in [-0.15, -0.1) is 0 Å². The van der Waals surface area contributed by atoms with Crippen LogP contribution in [0, 0.1) is 5.92 Å². The highest BCUT2D eigenvalue weighted by Crippen LogP contribution is 2.25. The molecular weight excluding hydrogens is 218 g/mol. The van der Waals surface area contributed by atoms with E-state index < -0.39 is 5.92 Å². The van der Waals surface area contributed by atoms with Gasteiger partial charge in [-0.25, -0.2) is 0 Å². The van der Waals surface area contributed by atoms with Crippen molar-refractivity contribution in [2.45, 2.75) is 52.0 Å². The summed E-state index contributed by atoms with van der Waals surface area (Å²) >= 11 is 0. The number of hydrogen-bond acceptors (Lipinski definition) is 3. The molecule has 0 aliphatic heterocycles. The highest BCUT2D eigenvalue weighted by Gasteiger charge is 2.31. The van der Waals surface area contributed by atoms with Crippen molar-refractivity contribution in [2.75, 3.05) is 6.54 Å². The van der Waals surface area contributed by atoms with Crippen molar-refractivity contribution >= 4 is 11.7 Å². The first kappa shape index (κ1) is 13.8. The monoisotopic (exact) mass is 241 g/mol. The third-order valence-corrected chi connectivity index (χ3v) is 3.57. The quantitative estimate of drug-likeness (QED) is 0.332. The van der Waals surface area contributed by atoms with E-state index in [2.05, 4.69) is 5.16 Å². The van der Waals surface area contributed by atoms with Crippen LogP contribution in [0.25, 0.3) is 0 Å². The van der Waals surface area contributed by atoms with Crippen LogP contribution in [-0.2, 0) is 4.79 Å². The van der Waals surface area contributed by atoms with Crippen molar-refractivity contribution in [1.82, 2.24) is 4.90 Å². The Labute approximate surface area is 103 Å². The molecule has 0 aromatic carbocycles. The third kappa shape index (κ3) is 3.11. The molecule has 1 aliphatic carbocycles. The molecule has 0 spiro atoms. The number of nitrogens with zero attached hydrogens (tertiary/aromatic N) is 2. The van der Waals surface area contributed by atoms with E-state index in [0.29, 0.717) is 19.0 Å². The number of hydrogen-bond donors (Lipinski definition) is 2. The van der Waals surface area contributed by atoms with E-state index in [1.807, 2.05) is 18.7 Å². The van der Waals surface area contributed by atoms with Gasteiger partial charge in [-0.2, -0.15) is 0 Å². The fourth-order valence-electron chi connectivity index (χ4n) is 2.59. The van der Waals surface area contributed by atoms with Gasteiger partial charge in [0.1, 0.15) is 0 Å². The Balaban J connectivity index is 2.76. The van der Waals surface area contributed by atoms with Crippen LogP contribution in [0.4, 0.5) is 0 Å². The first-order valence-electron chi connectivity index (χ1n) is 6.43. The number of carbonyl (C=O) groups excluding carboxylic acids is 1. The summed E-state index contributed by atoms with van der Waals surface area (Å²) in [6.45, 7) is 4.55. The molecule has 1 unspecified atom stereocenters. The van der Waals surface area contributed by atoms with Crippen LogP contribution in [0.1, 0.15) is 46.0 Å². The Morgan fingerprint density at radius 3 is 2.47 bits per heavy atom. The zero-order valence-corrected chi connectivity index (χ0v) is 10.7. The summed E-state index contributed by atoms with van der Waals surface area (Å²) in [6.07, 6.45) is 5.10. The molecule has 1 atom stereocenters. The van der Waals surface area contributed by atoms with Crippen molar-refractivity contribution in [2.24, 2.45) is 16.8 Å². The minimum atomic E-state index is -0.486. The van der Waals surface area contributed by atoms with Gasteiger partial charge in [0.05, 0.1) is 5.92 Å². The number of amidine groups is 1. The van der Waals surface area contributed by atoms with Crippen LogP contribution in [-0.4, -0.2) is 34.4 Å². The number of nitrogens with two attached hydrogens (primary N) is 1. The van der Waals surface area contributed by atoms with Crippen molar-refractivity contribution < 1.29 is 10.0 Å². The zero-order valence-electron chi connectivity index (χ0n) is 10.7. The highest BCUT2D eigenvalue weighted by atomic mass is 16.4. The van der Waals surface area contributed by atoms with Crippen LogP contribution in [0.15, 0.2) is 5.16 Å². The first-order valence-corrected chi connectivity index (χ1v) is 6.43. The van der Waals surface area contributed by atoms with E-state index in [1.165, 1.54) is 12.8 Å². The van der Waals surface area contributed by atoms with Crippen molar-refractivity contribution in [1.29, 1.82) is 0 Å². The lowest BCUT2D eigenvalue weighted by Gasteiger charge is -2.30. The van der Waals surface area contributed by atoms with E-state index in [9.17, 15) is 4.79 Å². The number of oxime groups is 1. The van der Waals surface area contributed by atoms with Gasteiger partial charge in [0.25, 0.3) is 0 Å². The Hall–Kier alpha value is -1.26. The average Bonchev–Trinajstić information content (AvgIpc) is 2.84. The summed E-state index contributed by atoms with van der Waals surface area (Å²) in [6, 6.07) is 0.341. The summed E-state index contributed by atoms with van der Waals surface area (Å²) in [5.74, 6) is -0.466. The molecular formula is C12H23N3O2. The van der Waals surface area contributed by atoms with Gasteiger partial charge in [-0.3, -0.25) is 4.79 Å². The fraction of sp³-hybridized carbons (Fsp3) is 0.833. The number of amides is 1. The van der Waals surface area contributed by atoms with Gasteiger partial charge in [-0.05, 0) is 26.2 Å². The number of carbonyl (C=O) groups is 1. The standard InChI is InChI=1S/C12H23N3O2/c1-3-10(11(13)14-17)12(16)15(4-2)9-7-5-6-8-9/h9-10,17H,3-8H2,1-2H3,(H2,13,14). The predicted molar refractivity (Wildman–Crippen MR) is 66.8 cm³/mol. The number of rotatable bonds is 5. The maximum Gasteiger partial charge on any atom is 0.233 e. The molecule has 0 bridgehead atoms. The van der Waals surface area contributed by atoms with Gasteiger partial charge in [0, 0.05) is 12.6 Å². The van der Waals surface area contributed by atoms with Gasteiger partial charge in [0.15, 0.2) is 5.84 Å². The van der Waals surface area contributed by atoms with E-state index >= 15 is 0 Å². The first-order chi connectivity index (χ1) is 8.15. The van der Waals surface area contributed by atoms with Gasteiger partial charge in [-0.1, -0.05) is 24.9 Å². The minimum Gasteiger partial charge on any atom is -0.409 e. The lowest BCUT2D eigenvalue weighted by atomic mass is 10.0. The Morgan fingerprint density at radius 1 is 1.47 bits per heavy atom. The molecule has 1 rings (SSSR count). The molecule has 0 aromatic heterocycles. The minimum absolute atomic E-state index is 0.00259. The Kier molecular flexibility index (Phi) is 5.25. The SMILES string of the molecule is CCC(C(=O)N(CC)C1CCCC1)C(N)=NO.